The average molecular weight is 392 g/mol. The highest BCUT2D eigenvalue weighted by atomic mass is 16.5. The summed E-state index contributed by atoms with van der Waals surface area (Å²) in [6.45, 7) is 6.02. The minimum absolute atomic E-state index is 0.157. The van der Waals surface area contributed by atoms with Gasteiger partial charge >= 0.3 is 5.97 Å². The highest BCUT2D eigenvalue weighted by Gasteiger charge is 2.30. The molecule has 1 aromatic rings. The molecular weight excluding hydrogens is 358 g/mol. The Labute approximate surface area is 167 Å². The SMILES string of the molecule is COc1ccc(CCC(=O)O[C@H](C)C(=O)N[C@@H]2CCC[C@@H](C)[C@H]2C)cc1OC. The van der Waals surface area contributed by atoms with Crippen LogP contribution in [0.4, 0.5) is 0 Å². The van der Waals surface area contributed by atoms with E-state index in [1.807, 2.05) is 18.2 Å². The molecule has 0 aliphatic heterocycles. The van der Waals surface area contributed by atoms with Crippen LogP contribution in [0.3, 0.4) is 0 Å². The fraction of sp³-hybridized carbons (Fsp3) is 0.636. The van der Waals surface area contributed by atoms with E-state index in [0.29, 0.717) is 29.8 Å². The molecule has 1 aromatic carbocycles. The first-order valence-electron chi connectivity index (χ1n) is 10.1. The minimum Gasteiger partial charge on any atom is -0.493 e. The quantitative estimate of drug-likeness (QED) is 0.687. The Bertz CT molecular complexity index is 675. The molecule has 0 bridgehead atoms. The normalized spacial score (nSPS) is 22.8. The lowest BCUT2D eigenvalue weighted by atomic mass is 9.78. The van der Waals surface area contributed by atoms with Crippen LogP contribution < -0.4 is 14.8 Å². The van der Waals surface area contributed by atoms with Crippen LogP contribution in [0.5, 0.6) is 11.5 Å². The van der Waals surface area contributed by atoms with Crippen molar-refractivity contribution in [3.05, 3.63) is 23.8 Å². The highest BCUT2D eigenvalue weighted by Crippen LogP contribution is 2.30. The molecule has 0 saturated heterocycles. The summed E-state index contributed by atoms with van der Waals surface area (Å²) in [6, 6.07) is 5.69. The summed E-state index contributed by atoms with van der Waals surface area (Å²) >= 11 is 0. The third kappa shape index (κ3) is 5.88. The molecule has 0 radical (unpaired) electrons. The summed E-state index contributed by atoms with van der Waals surface area (Å²) in [7, 11) is 3.15. The van der Waals surface area contributed by atoms with Gasteiger partial charge < -0.3 is 19.5 Å². The van der Waals surface area contributed by atoms with Crippen LogP contribution in [0, 0.1) is 11.8 Å². The van der Waals surface area contributed by atoms with Gasteiger partial charge in [-0.3, -0.25) is 9.59 Å². The van der Waals surface area contributed by atoms with Crippen molar-refractivity contribution in [1.29, 1.82) is 0 Å². The summed E-state index contributed by atoms with van der Waals surface area (Å²) in [6.07, 6.45) is 3.22. The highest BCUT2D eigenvalue weighted by molar-refractivity contribution is 5.83. The molecule has 28 heavy (non-hydrogen) atoms. The number of hydrogen-bond donors (Lipinski definition) is 1. The number of ether oxygens (including phenoxy) is 3. The van der Waals surface area contributed by atoms with Gasteiger partial charge in [-0.15, -0.1) is 0 Å². The topological polar surface area (TPSA) is 73.9 Å². The molecule has 1 aliphatic rings. The first kappa shape index (κ1) is 22.1. The number of rotatable bonds is 8. The van der Waals surface area contributed by atoms with E-state index in [9.17, 15) is 9.59 Å². The zero-order chi connectivity index (χ0) is 20.7. The lowest BCUT2D eigenvalue weighted by Crippen LogP contribution is -2.47. The van der Waals surface area contributed by atoms with Crippen LogP contribution in [0.2, 0.25) is 0 Å². The number of esters is 1. The van der Waals surface area contributed by atoms with E-state index in [0.717, 1.165) is 18.4 Å². The summed E-state index contributed by atoms with van der Waals surface area (Å²) in [5, 5.41) is 3.06. The van der Waals surface area contributed by atoms with Gasteiger partial charge in [0, 0.05) is 12.5 Å². The molecule has 0 spiro atoms. The molecule has 2 rings (SSSR count). The number of nitrogens with one attached hydrogen (secondary N) is 1. The van der Waals surface area contributed by atoms with Gasteiger partial charge in [-0.2, -0.15) is 0 Å². The molecule has 6 nitrogen and oxygen atoms in total. The molecule has 1 aliphatic carbocycles. The maximum Gasteiger partial charge on any atom is 0.306 e. The Morgan fingerprint density at radius 1 is 1.14 bits per heavy atom. The molecular formula is C22H33NO5. The van der Waals surface area contributed by atoms with Crippen LogP contribution in [0.1, 0.15) is 52.0 Å². The van der Waals surface area contributed by atoms with Crippen LogP contribution in [-0.2, 0) is 20.7 Å². The summed E-state index contributed by atoms with van der Waals surface area (Å²) < 4.78 is 15.8. The fourth-order valence-corrected chi connectivity index (χ4v) is 3.68. The summed E-state index contributed by atoms with van der Waals surface area (Å²) in [4.78, 5) is 24.6. The average Bonchev–Trinajstić information content (AvgIpc) is 2.69. The zero-order valence-electron chi connectivity index (χ0n) is 17.6. The molecule has 156 valence electrons. The molecule has 1 amide bonds. The number of methoxy groups -OCH3 is 2. The molecule has 0 unspecified atom stereocenters. The molecule has 1 saturated carbocycles. The van der Waals surface area contributed by atoms with Gasteiger partial charge in [0.1, 0.15) is 0 Å². The summed E-state index contributed by atoms with van der Waals surface area (Å²) in [5.74, 6) is 1.69. The van der Waals surface area contributed by atoms with E-state index in [4.69, 9.17) is 14.2 Å². The van der Waals surface area contributed by atoms with Gasteiger partial charge in [0.05, 0.1) is 14.2 Å². The molecule has 0 aromatic heterocycles. The molecule has 1 N–H and O–H groups in total. The molecule has 1 fully saturated rings. The van der Waals surface area contributed by atoms with Gasteiger partial charge in [0.15, 0.2) is 17.6 Å². The van der Waals surface area contributed by atoms with Crippen molar-refractivity contribution in [2.24, 2.45) is 11.8 Å². The third-order valence-electron chi connectivity index (χ3n) is 5.78. The Morgan fingerprint density at radius 3 is 2.54 bits per heavy atom. The number of benzene rings is 1. The van der Waals surface area contributed by atoms with Crippen molar-refractivity contribution in [1.82, 2.24) is 5.32 Å². The smallest absolute Gasteiger partial charge is 0.306 e. The van der Waals surface area contributed by atoms with Crippen molar-refractivity contribution < 1.29 is 23.8 Å². The second-order valence-corrected chi connectivity index (χ2v) is 7.70. The van der Waals surface area contributed by atoms with E-state index in [2.05, 4.69) is 19.2 Å². The van der Waals surface area contributed by atoms with Gasteiger partial charge in [0.25, 0.3) is 5.91 Å². The Balaban J connectivity index is 1.81. The zero-order valence-corrected chi connectivity index (χ0v) is 17.6. The van der Waals surface area contributed by atoms with Crippen LogP contribution >= 0.6 is 0 Å². The van der Waals surface area contributed by atoms with Gasteiger partial charge in [-0.1, -0.05) is 32.8 Å². The second kappa shape index (κ2) is 10.3. The van der Waals surface area contributed by atoms with Crippen LogP contribution in [0.15, 0.2) is 18.2 Å². The fourth-order valence-electron chi connectivity index (χ4n) is 3.68. The van der Waals surface area contributed by atoms with Gasteiger partial charge in [-0.25, -0.2) is 0 Å². The van der Waals surface area contributed by atoms with E-state index < -0.39 is 6.10 Å². The van der Waals surface area contributed by atoms with Crippen molar-refractivity contribution in [2.75, 3.05) is 14.2 Å². The summed E-state index contributed by atoms with van der Waals surface area (Å²) in [5.41, 5.74) is 0.941. The monoisotopic (exact) mass is 391 g/mol. The molecule has 0 heterocycles. The predicted octanol–water partition coefficient (Wildman–Crippen LogP) is 3.51. The Morgan fingerprint density at radius 2 is 1.86 bits per heavy atom. The van der Waals surface area contributed by atoms with Crippen molar-refractivity contribution in [3.63, 3.8) is 0 Å². The molecule has 4 atom stereocenters. The number of carbonyl (C=O) groups excluding carboxylic acids is 2. The number of aryl methyl sites for hydroxylation is 1. The lowest BCUT2D eigenvalue weighted by molar-refractivity contribution is -0.155. The minimum atomic E-state index is -0.790. The number of carbonyl (C=O) groups is 2. The standard InChI is InChI=1S/C22H33NO5/c1-14-7-6-8-18(15(14)2)23-22(25)16(3)28-21(24)12-10-17-9-11-19(26-4)20(13-17)27-5/h9,11,13-16,18H,6-8,10,12H2,1-5H3,(H,23,25)/t14-,15-,16-,18-/m1/s1. The van der Waals surface area contributed by atoms with Crippen LogP contribution in [0.25, 0.3) is 0 Å². The maximum absolute atomic E-state index is 12.4. The van der Waals surface area contributed by atoms with E-state index >= 15 is 0 Å². The lowest BCUT2D eigenvalue weighted by Gasteiger charge is -2.35. The first-order valence-corrected chi connectivity index (χ1v) is 10.1. The van der Waals surface area contributed by atoms with Gasteiger partial charge in [0.2, 0.25) is 0 Å². The van der Waals surface area contributed by atoms with E-state index in [1.54, 1.807) is 21.1 Å². The Hall–Kier alpha value is -2.24. The molecule has 6 heteroatoms. The van der Waals surface area contributed by atoms with Crippen molar-refractivity contribution in [2.45, 2.75) is 65.0 Å². The van der Waals surface area contributed by atoms with Crippen molar-refractivity contribution >= 4 is 11.9 Å². The van der Waals surface area contributed by atoms with Gasteiger partial charge in [-0.05, 0) is 49.3 Å². The van der Waals surface area contributed by atoms with Crippen molar-refractivity contribution in [3.8, 4) is 11.5 Å². The second-order valence-electron chi connectivity index (χ2n) is 7.70. The van der Waals surface area contributed by atoms with E-state index in [-0.39, 0.29) is 24.3 Å². The largest absolute Gasteiger partial charge is 0.493 e. The third-order valence-corrected chi connectivity index (χ3v) is 5.78. The maximum atomic E-state index is 12.4. The Kier molecular flexibility index (Phi) is 8.15. The van der Waals surface area contributed by atoms with E-state index in [1.165, 1.54) is 6.42 Å². The first-order chi connectivity index (χ1) is 13.3. The predicted molar refractivity (Wildman–Crippen MR) is 108 cm³/mol. The van der Waals surface area contributed by atoms with Crippen LogP contribution in [-0.4, -0.2) is 38.2 Å². The number of amides is 1. The number of hydrogen-bond acceptors (Lipinski definition) is 5.